The molecule has 7 nitrogen and oxygen atoms in total. The van der Waals surface area contributed by atoms with Crippen molar-refractivity contribution in [1.29, 1.82) is 0 Å². The van der Waals surface area contributed by atoms with E-state index in [0.29, 0.717) is 41.1 Å². The van der Waals surface area contributed by atoms with Crippen LogP contribution in [-0.4, -0.2) is 23.7 Å². The molecule has 0 aliphatic rings. The maximum absolute atomic E-state index is 13.0. The normalized spacial score (nSPS) is 11.6. The number of fused-ring (bicyclic) bond motifs is 1. The lowest BCUT2D eigenvalue weighted by Gasteiger charge is -2.15. The maximum Gasteiger partial charge on any atom is 0.416 e. The molecule has 0 atom stereocenters. The van der Waals surface area contributed by atoms with E-state index < -0.39 is 17.6 Å². The number of anilines is 2. The highest BCUT2D eigenvalue weighted by atomic mass is 127. The number of hydrazone groups is 1. The standard InChI is InChI=1S/C32H26F3IN4O3S/c1-2-42-28-14-20(13-27(36)30(28)43-18-22-9-5-8-21-7-3-4-12-26(21)22)17-37-40-29(41)16-25-19-44-31(39-25)38-24-11-6-10-23(15-24)32(33,34)35/h3-15,17,19H,2,16,18H2,1H3,(H,38,39)(H,40,41)/b37-17-. The van der Waals surface area contributed by atoms with Gasteiger partial charge in [-0.25, -0.2) is 10.4 Å². The quantitative estimate of drug-likeness (QED) is 0.0812. The number of ether oxygens (including phenoxy) is 2. The van der Waals surface area contributed by atoms with Gasteiger partial charge in [0.1, 0.15) is 6.61 Å². The van der Waals surface area contributed by atoms with Crippen molar-refractivity contribution < 1.29 is 27.4 Å². The third kappa shape index (κ3) is 8.05. The number of amides is 1. The molecule has 1 amide bonds. The van der Waals surface area contributed by atoms with Gasteiger partial charge >= 0.3 is 6.18 Å². The summed E-state index contributed by atoms with van der Waals surface area (Å²) < 4.78 is 51.9. The lowest BCUT2D eigenvalue weighted by atomic mass is 10.1. The molecule has 5 aromatic rings. The number of thiazole rings is 1. The summed E-state index contributed by atoms with van der Waals surface area (Å²) in [4.78, 5) is 16.8. The number of halogens is 4. The summed E-state index contributed by atoms with van der Waals surface area (Å²) in [6.45, 7) is 2.70. The van der Waals surface area contributed by atoms with Gasteiger partial charge in [-0.1, -0.05) is 48.5 Å². The van der Waals surface area contributed by atoms with Gasteiger partial charge in [0.05, 0.1) is 34.1 Å². The summed E-state index contributed by atoms with van der Waals surface area (Å²) in [5, 5.41) is 11.2. The Hall–Kier alpha value is -4.17. The third-order valence-corrected chi connectivity index (χ3v) is 7.93. The molecule has 0 bridgehead atoms. The van der Waals surface area contributed by atoms with Crippen molar-refractivity contribution in [1.82, 2.24) is 10.4 Å². The van der Waals surface area contributed by atoms with Crippen LogP contribution in [0.15, 0.2) is 89.3 Å². The van der Waals surface area contributed by atoms with Gasteiger partial charge in [0.25, 0.3) is 0 Å². The van der Waals surface area contributed by atoms with Gasteiger partial charge in [-0.15, -0.1) is 11.3 Å². The minimum Gasteiger partial charge on any atom is -0.490 e. The molecule has 2 N–H and O–H groups in total. The second kappa shape index (κ2) is 14.1. The minimum atomic E-state index is -4.44. The van der Waals surface area contributed by atoms with Crippen LogP contribution in [0.2, 0.25) is 0 Å². The van der Waals surface area contributed by atoms with Gasteiger partial charge < -0.3 is 14.8 Å². The lowest BCUT2D eigenvalue weighted by molar-refractivity contribution is -0.137. The van der Waals surface area contributed by atoms with Crippen molar-refractivity contribution in [3.8, 4) is 11.5 Å². The first kappa shape index (κ1) is 31.3. The molecule has 0 saturated heterocycles. The van der Waals surface area contributed by atoms with Crippen molar-refractivity contribution in [2.75, 3.05) is 11.9 Å². The first-order chi connectivity index (χ1) is 21.2. The van der Waals surface area contributed by atoms with Gasteiger partial charge in [0.15, 0.2) is 16.6 Å². The van der Waals surface area contributed by atoms with Crippen molar-refractivity contribution >= 4 is 67.6 Å². The molecule has 44 heavy (non-hydrogen) atoms. The predicted molar refractivity (Wildman–Crippen MR) is 175 cm³/mol. The number of hydrogen-bond donors (Lipinski definition) is 2. The fourth-order valence-corrected chi connectivity index (χ4v) is 5.87. The smallest absolute Gasteiger partial charge is 0.416 e. The van der Waals surface area contributed by atoms with Crippen LogP contribution >= 0.6 is 33.9 Å². The van der Waals surface area contributed by atoms with Gasteiger partial charge in [-0.2, -0.15) is 18.3 Å². The molecule has 0 saturated carbocycles. The number of alkyl halides is 3. The van der Waals surface area contributed by atoms with Gasteiger partial charge in [-0.3, -0.25) is 4.79 Å². The number of carbonyl (C=O) groups is 1. The van der Waals surface area contributed by atoms with Crippen molar-refractivity contribution in [2.24, 2.45) is 5.10 Å². The number of benzene rings is 4. The van der Waals surface area contributed by atoms with Crippen molar-refractivity contribution in [3.05, 3.63) is 110 Å². The van der Waals surface area contributed by atoms with E-state index in [4.69, 9.17) is 9.47 Å². The summed E-state index contributed by atoms with van der Waals surface area (Å²) in [6, 6.07) is 22.8. The lowest BCUT2D eigenvalue weighted by Crippen LogP contribution is -2.20. The molecule has 0 aliphatic heterocycles. The van der Waals surface area contributed by atoms with Crippen LogP contribution in [0.5, 0.6) is 11.5 Å². The van der Waals surface area contributed by atoms with E-state index in [2.05, 4.69) is 61.6 Å². The van der Waals surface area contributed by atoms with E-state index >= 15 is 0 Å². The minimum absolute atomic E-state index is 0.0548. The molecule has 1 heterocycles. The molecule has 226 valence electrons. The topological polar surface area (TPSA) is 84.8 Å². The molecule has 0 spiro atoms. The number of carbonyl (C=O) groups excluding carboxylic acids is 1. The molecule has 0 aliphatic carbocycles. The van der Waals surface area contributed by atoms with Crippen LogP contribution in [0, 0.1) is 3.57 Å². The Kier molecular flexibility index (Phi) is 10.0. The summed E-state index contributed by atoms with van der Waals surface area (Å²) in [5.74, 6) is 0.794. The highest BCUT2D eigenvalue weighted by Crippen LogP contribution is 2.35. The van der Waals surface area contributed by atoms with E-state index in [1.165, 1.54) is 29.7 Å². The molecular formula is C32H26F3IN4O3S. The number of rotatable bonds is 11. The largest absolute Gasteiger partial charge is 0.490 e. The van der Waals surface area contributed by atoms with Crippen LogP contribution in [-0.2, 0) is 24.0 Å². The monoisotopic (exact) mass is 730 g/mol. The molecule has 0 unspecified atom stereocenters. The summed E-state index contributed by atoms with van der Waals surface area (Å²) in [7, 11) is 0. The Labute approximate surface area is 269 Å². The molecule has 12 heteroatoms. The number of nitrogens with zero attached hydrogens (tertiary/aromatic N) is 2. The van der Waals surface area contributed by atoms with E-state index in [0.717, 1.165) is 32.0 Å². The second-order valence-electron chi connectivity index (χ2n) is 9.51. The molecule has 0 radical (unpaired) electrons. The highest BCUT2D eigenvalue weighted by Gasteiger charge is 2.30. The molecular weight excluding hydrogens is 704 g/mol. The average molecular weight is 731 g/mol. The zero-order chi connectivity index (χ0) is 31.1. The van der Waals surface area contributed by atoms with Crippen LogP contribution < -0.4 is 20.2 Å². The Bertz CT molecular complexity index is 1800. The van der Waals surface area contributed by atoms with E-state index in [1.807, 2.05) is 37.3 Å². The summed E-state index contributed by atoms with van der Waals surface area (Å²) >= 11 is 3.37. The maximum atomic E-state index is 13.0. The zero-order valence-electron chi connectivity index (χ0n) is 23.3. The molecule has 1 aromatic heterocycles. The van der Waals surface area contributed by atoms with Crippen molar-refractivity contribution in [2.45, 2.75) is 26.1 Å². The third-order valence-electron chi connectivity index (χ3n) is 6.32. The second-order valence-corrected chi connectivity index (χ2v) is 11.5. The Morgan fingerprint density at radius 3 is 2.66 bits per heavy atom. The van der Waals surface area contributed by atoms with Gasteiger partial charge in [0, 0.05) is 11.1 Å². The summed E-state index contributed by atoms with van der Waals surface area (Å²) in [6.07, 6.45) is -2.99. The van der Waals surface area contributed by atoms with E-state index in [1.54, 1.807) is 11.4 Å². The summed E-state index contributed by atoms with van der Waals surface area (Å²) in [5.41, 5.74) is 4.20. The Morgan fingerprint density at radius 2 is 1.84 bits per heavy atom. The van der Waals surface area contributed by atoms with Gasteiger partial charge in [-0.05, 0) is 81.7 Å². The van der Waals surface area contributed by atoms with E-state index in [-0.39, 0.29) is 12.1 Å². The van der Waals surface area contributed by atoms with E-state index in [9.17, 15) is 18.0 Å². The molecule has 4 aromatic carbocycles. The SMILES string of the molecule is CCOc1cc(/C=N\NC(=O)Cc2csc(Nc3cccc(C(F)(F)F)c3)n2)cc(I)c1OCc1cccc2ccccc12. The Balaban J connectivity index is 1.19. The Morgan fingerprint density at radius 1 is 1.05 bits per heavy atom. The molecule has 0 fully saturated rings. The zero-order valence-corrected chi connectivity index (χ0v) is 26.3. The van der Waals surface area contributed by atoms with Crippen LogP contribution in [0.3, 0.4) is 0 Å². The van der Waals surface area contributed by atoms with Crippen molar-refractivity contribution in [3.63, 3.8) is 0 Å². The fourth-order valence-electron chi connectivity index (χ4n) is 4.36. The van der Waals surface area contributed by atoms with Crippen LogP contribution in [0.1, 0.15) is 29.3 Å². The average Bonchev–Trinajstić information content (AvgIpc) is 3.43. The first-order valence-electron chi connectivity index (χ1n) is 13.5. The predicted octanol–water partition coefficient (Wildman–Crippen LogP) is 8.33. The first-order valence-corrected chi connectivity index (χ1v) is 15.4. The molecule has 5 rings (SSSR count). The van der Waals surface area contributed by atoms with Crippen LogP contribution in [0.25, 0.3) is 10.8 Å². The van der Waals surface area contributed by atoms with Crippen LogP contribution in [0.4, 0.5) is 24.0 Å². The number of hydrogen-bond acceptors (Lipinski definition) is 7. The van der Waals surface area contributed by atoms with Gasteiger partial charge in [0.2, 0.25) is 5.91 Å². The number of nitrogens with one attached hydrogen (secondary N) is 2. The number of aromatic nitrogens is 1. The fraction of sp³-hybridized carbons (Fsp3) is 0.156. The highest BCUT2D eigenvalue weighted by molar-refractivity contribution is 14.1.